The number of hydrogen-bond donors (Lipinski definition) is 1. The van der Waals surface area contributed by atoms with Crippen molar-refractivity contribution in [2.24, 2.45) is 0 Å². The fourth-order valence-corrected chi connectivity index (χ4v) is 3.59. The Balaban J connectivity index is 2.09. The van der Waals surface area contributed by atoms with Gasteiger partial charge in [-0.3, -0.25) is 0 Å². The first-order chi connectivity index (χ1) is 9.05. The van der Waals surface area contributed by atoms with Gasteiger partial charge < -0.3 is 5.32 Å². The lowest BCUT2D eigenvalue weighted by molar-refractivity contribution is 0.322. The highest BCUT2D eigenvalue weighted by Crippen LogP contribution is 2.35. The van der Waals surface area contributed by atoms with Crippen molar-refractivity contribution in [2.75, 3.05) is 0 Å². The summed E-state index contributed by atoms with van der Waals surface area (Å²) in [5.41, 5.74) is 1.34. The molecular weight excluding hydrogens is 252 g/mol. The van der Waals surface area contributed by atoms with Crippen LogP contribution in [0.2, 0.25) is 0 Å². The molecule has 0 amide bonds. The van der Waals surface area contributed by atoms with Crippen molar-refractivity contribution in [1.29, 1.82) is 0 Å². The summed E-state index contributed by atoms with van der Waals surface area (Å²) in [6.45, 7) is 9.07. The highest BCUT2D eigenvalue weighted by Gasteiger charge is 2.35. The van der Waals surface area contributed by atoms with Crippen LogP contribution in [0.3, 0.4) is 0 Å². The average molecular weight is 280 g/mol. The van der Waals surface area contributed by atoms with Crippen LogP contribution in [0.15, 0.2) is 5.38 Å². The summed E-state index contributed by atoms with van der Waals surface area (Å²) in [4.78, 5) is 4.90. The number of unbranched alkanes of at least 4 members (excludes halogenated alkanes) is 2. The minimum atomic E-state index is 0.0914. The molecule has 1 aliphatic carbocycles. The van der Waals surface area contributed by atoms with E-state index in [4.69, 9.17) is 4.98 Å². The minimum Gasteiger partial charge on any atom is -0.303 e. The number of hydrogen-bond acceptors (Lipinski definition) is 3. The van der Waals surface area contributed by atoms with Crippen molar-refractivity contribution in [3.05, 3.63) is 16.1 Å². The van der Waals surface area contributed by atoms with Gasteiger partial charge >= 0.3 is 0 Å². The van der Waals surface area contributed by atoms with Crippen molar-refractivity contribution >= 4 is 11.3 Å². The molecule has 108 valence electrons. The maximum absolute atomic E-state index is 4.90. The van der Waals surface area contributed by atoms with E-state index < -0.39 is 0 Å². The van der Waals surface area contributed by atoms with Gasteiger partial charge in [-0.15, -0.1) is 11.3 Å². The molecule has 1 aliphatic rings. The molecule has 2 nitrogen and oxygen atoms in total. The van der Waals surface area contributed by atoms with Crippen molar-refractivity contribution < 1.29 is 0 Å². The first-order valence-corrected chi connectivity index (χ1v) is 8.66. The van der Waals surface area contributed by atoms with E-state index in [1.54, 1.807) is 0 Å². The van der Waals surface area contributed by atoms with Crippen molar-refractivity contribution in [2.45, 2.75) is 83.7 Å². The lowest BCUT2D eigenvalue weighted by Gasteiger charge is -2.29. The predicted molar refractivity (Wildman–Crippen MR) is 83.9 cm³/mol. The highest BCUT2D eigenvalue weighted by atomic mass is 32.1. The third-order valence-electron chi connectivity index (χ3n) is 3.97. The molecule has 1 unspecified atom stereocenters. The van der Waals surface area contributed by atoms with Crippen LogP contribution in [0.5, 0.6) is 0 Å². The van der Waals surface area contributed by atoms with Gasteiger partial charge in [0.25, 0.3) is 0 Å². The van der Waals surface area contributed by atoms with Crippen LogP contribution < -0.4 is 5.32 Å². The average Bonchev–Trinajstić information content (AvgIpc) is 3.01. The van der Waals surface area contributed by atoms with Crippen molar-refractivity contribution in [3.63, 3.8) is 0 Å². The molecular formula is C16H28N2S. The fourth-order valence-electron chi connectivity index (χ4n) is 2.45. The number of aromatic nitrogens is 1. The second-order valence-electron chi connectivity index (χ2n) is 6.44. The highest BCUT2D eigenvalue weighted by molar-refractivity contribution is 7.09. The molecule has 1 fully saturated rings. The molecule has 0 spiro atoms. The Morgan fingerprint density at radius 1 is 1.42 bits per heavy atom. The molecule has 1 atom stereocenters. The van der Waals surface area contributed by atoms with Crippen LogP contribution in [0.4, 0.5) is 0 Å². The summed E-state index contributed by atoms with van der Waals surface area (Å²) in [5.74, 6) is 0.533. The van der Waals surface area contributed by atoms with E-state index >= 15 is 0 Å². The molecule has 0 bridgehead atoms. The molecule has 3 heteroatoms. The summed E-state index contributed by atoms with van der Waals surface area (Å²) in [6.07, 6.45) is 7.79. The SMILES string of the molecule is CCCCCC(C)(NC1CC1)c1nc(C(C)C)cs1. The van der Waals surface area contributed by atoms with Crippen LogP contribution in [0.25, 0.3) is 0 Å². The molecule has 0 aliphatic heterocycles. The maximum atomic E-state index is 4.90. The van der Waals surface area contributed by atoms with Crippen molar-refractivity contribution in [1.82, 2.24) is 10.3 Å². The zero-order valence-electron chi connectivity index (χ0n) is 12.8. The summed E-state index contributed by atoms with van der Waals surface area (Å²) < 4.78 is 0. The third-order valence-corrected chi connectivity index (χ3v) is 5.09. The van der Waals surface area contributed by atoms with Gasteiger partial charge in [-0.25, -0.2) is 4.98 Å². The largest absolute Gasteiger partial charge is 0.303 e. The number of nitrogens with zero attached hydrogens (tertiary/aromatic N) is 1. The first-order valence-electron chi connectivity index (χ1n) is 7.78. The van der Waals surface area contributed by atoms with E-state index in [0.29, 0.717) is 5.92 Å². The van der Waals surface area contributed by atoms with Gasteiger partial charge in [0.2, 0.25) is 0 Å². The Hall–Kier alpha value is -0.410. The number of nitrogens with one attached hydrogen (secondary N) is 1. The molecule has 0 radical (unpaired) electrons. The molecule has 1 heterocycles. The smallest absolute Gasteiger partial charge is 0.113 e. The topological polar surface area (TPSA) is 24.9 Å². The van der Waals surface area contributed by atoms with Gasteiger partial charge in [0, 0.05) is 11.4 Å². The van der Waals surface area contributed by atoms with E-state index in [2.05, 4.69) is 38.4 Å². The van der Waals surface area contributed by atoms with Gasteiger partial charge in [0.1, 0.15) is 5.01 Å². The summed E-state index contributed by atoms with van der Waals surface area (Å²) in [5, 5.41) is 7.38. The molecule has 1 aromatic rings. The first kappa shape index (κ1) is 15.0. The molecule has 2 rings (SSSR count). The lowest BCUT2D eigenvalue weighted by Crippen LogP contribution is -2.41. The Kier molecular flexibility index (Phi) is 5.02. The van der Waals surface area contributed by atoms with E-state index in [0.717, 1.165) is 6.04 Å². The van der Waals surface area contributed by atoms with Gasteiger partial charge in [-0.1, -0.05) is 40.0 Å². The predicted octanol–water partition coefficient (Wildman–Crippen LogP) is 4.81. The van der Waals surface area contributed by atoms with Crippen LogP contribution in [0.1, 0.15) is 82.8 Å². The summed E-state index contributed by atoms with van der Waals surface area (Å²) in [7, 11) is 0. The quantitative estimate of drug-likeness (QED) is 0.691. The molecule has 0 aromatic carbocycles. The van der Waals surface area contributed by atoms with Gasteiger partial charge in [0.05, 0.1) is 11.2 Å². The fraction of sp³-hybridized carbons (Fsp3) is 0.812. The standard InChI is InChI=1S/C16H28N2S/c1-5-6-7-10-16(4,18-13-8-9-13)15-17-14(11-19-15)12(2)3/h11-13,18H,5-10H2,1-4H3. The molecule has 1 saturated carbocycles. The molecule has 19 heavy (non-hydrogen) atoms. The number of rotatable bonds is 8. The van der Waals surface area contributed by atoms with Crippen LogP contribution >= 0.6 is 11.3 Å². The van der Waals surface area contributed by atoms with Crippen LogP contribution in [0, 0.1) is 0 Å². The second-order valence-corrected chi connectivity index (χ2v) is 7.30. The molecule has 0 saturated heterocycles. The summed E-state index contributed by atoms with van der Waals surface area (Å²) in [6, 6.07) is 0.734. The van der Waals surface area contributed by atoms with E-state index in [-0.39, 0.29) is 5.54 Å². The molecule has 1 aromatic heterocycles. The number of thiazole rings is 1. The minimum absolute atomic E-state index is 0.0914. The Morgan fingerprint density at radius 3 is 2.68 bits per heavy atom. The Bertz CT molecular complexity index is 395. The molecule has 1 N–H and O–H groups in total. The lowest BCUT2D eigenvalue weighted by atomic mass is 9.94. The second kappa shape index (κ2) is 6.36. The van der Waals surface area contributed by atoms with E-state index in [9.17, 15) is 0 Å². The van der Waals surface area contributed by atoms with Crippen LogP contribution in [-0.4, -0.2) is 11.0 Å². The van der Waals surface area contributed by atoms with Crippen molar-refractivity contribution in [3.8, 4) is 0 Å². The van der Waals surface area contributed by atoms with Gasteiger partial charge in [-0.05, 0) is 32.1 Å². The van der Waals surface area contributed by atoms with Gasteiger partial charge in [0.15, 0.2) is 0 Å². The zero-order valence-corrected chi connectivity index (χ0v) is 13.6. The zero-order chi connectivity index (χ0) is 13.9. The van der Waals surface area contributed by atoms with E-state index in [1.807, 2.05) is 11.3 Å². The van der Waals surface area contributed by atoms with E-state index in [1.165, 1.54) is 49.2 Å². The summed E-state index contributed by atoms with van der Waals surface area (Å²) >= 11 is 1.84. The Labute approximate surface area is 122 Å². The normalized spacial score (nSPS) is 18.8. The maximum Gasteiger partial charge on any atom is 0.113 e. The van der Waals surface area contributed by atoms with Gasteiger partial charge in [-0.2, -0.15) is 0 Å². The monoisotopic (exact) mass is 280 g/mol. The third kappa shape index (κ3) is 4.03. The van der Waals surface area contributed by atoms with Crippen LogP contribution in [-0.2, 0) is 5.54 Å². The Morgan fingerprint density at radius 2 is 2.16 bits per heavy atom.